The number of carbonyl (C=O) groups is 1. The molecule has 1 aliphatic heterocycles. The lowest BCUT2D eigenvalue weighted by Gasteiger charge is -2.26. The number of pyridine rings is 1. The molecule has 6 heteroatoms. The first-order valence-corrected chi connectivity index (χ1v) is 8.49. The van der Waals surface area contributed by atoms with E-state index in [1.54, 1.807) is 35.5 Å². The topological polar surface area (TPSA) is 54.5 Å². The monoisotopic (exact) mass is 343 g/mol. The summed E-state index contributed by atoms with van der Waals surface area (Å²) in [6.45, 7) is 1.84. The van der Waals surface area contributed by atoms with Crippen LogP contribution in [0.1, 0.15) is 24.0 Å². The predicted octanol–water partition coefficient (Wildman–Crippen LogP) is 3.11. The van der Waals surface area contributed by atoms with Gasteiger partial charge in [-0.2, -0.15) is 0 Å². The summed E-state index contributed by atoms with van der Waals surface area (Å²) in [6, 6.07) is 9.98. The maximum atomic E-state index is 13.7. The quantitative estimate of drug-likeness (QED) is 0.877. The number of amides is 2. The highest BCUT2D eigenvalue weighted by Gasteiger charge is 2.23. The maximum Gasteiger partial charge on any atom is 0.318 e. The molecule has 2 heterocycles. The van der Waals surface area contributed by atoms with Crippen molar-refractivity contribution < 1.29 is 13.9 Å². The Balaban J connectivity index is 1.64. The van der Waals surface area contributed by atoms with Crippen molar-refractivity contribution in [2.75, 3.05) is 13.2 Å². The molecular formula is C19H22FN3O2. The van der Waals surface area contributed by atoms with Crippen LogP contribution in [0.4, 0.5) is 9.18 Å². The van der Waals surface area contributed by atoms with Crippen LogP contribution in [-0.4, -0.2) is 35.2 Å². The molecule has 132 valence electrons. The molecular weight excluding hydrogens is 321 g/mol. The van der Waals surface area contributed by atoms with E-state index in [9.17, 15) is 9.18 Å². The van der Waals surface area contributed by atoms with Gasteiger partial charge in [0.2, 0.25) is 0 Å². The van der Waals surface area contributed by atoms with Gasteiger partial charge in [0.25, 0.3) is 0 Å². The van der Waals surface area contributed by atoms with Crippen molar-refractivity contribution in [2.45, 2.75) is 32.0 Å². The first-order chi connectivity index (χ1) is 12.2. The van der Waals surface area contributed by atoms with Crippen LogP contribution in [0.25, 0.3) is 0 Å². The summed E-state index contributed by atoms with van der Waals surface area (Å²) >= 11 is 0. The highest BCUT2D eigenvalue weighted by molar-refractivity contribution is 5.74. The lowest BCUT2D eigenvalue weighted by molar-refractivity contribution is 0.0794. The van der Waals surface area contributed by atoms with E-state index in [-0.39, 0.29) is 24.5 Å². The van der Waals surface area contributed by atoms with Crippen LogP contribution in [0.3, 0.4) is 0 Å². The number of carbonyl (C=O) groups excluding carboxylic acids is 1. The number of aromatic nitrogens is 1. The Morgan fingerprint density at radius 2 is 2.20 bits per heavy atom. The van der Waals surface area contributed by atoms with Crippen molar-refractivity contribution in [3.63, 3.8) is 0 Å². The molecule has 1 aliphatic rings. The lowest BCUT2D eigenvalue weighted by atomic mass is 10.2. The third kappa shape index (κ3) is 5.00. The molecule has 25 heavy (non-hydrogen) atoms. The second-order valence-corrected chi connectivity index (χ2v) is 6.13. The Kier molecular flexibility index (Phi) is 5.95. The minimum atomic E-state index is -0.319. The molecule has 0 bridgehead atoms. The fraction of sp³-hybridized carbons (Fsp3) is 0.368. The average molecular weight is 343 g/mol. The molecule has 5 nitrogen and oxygen atoms in total. The van der Waals surface area contributed by atoms with Gasteiger partial charge in [0.15, 0.2) is 0 Å². The van der Waals surface area contributed by atoms with E-state index >= 15 is 0 Å². The molecule has 0 aliphatic carbocycles. The number of nitrogens with one attached hydrogen (secondary N) is 1. The van der Waals surface area contributed by atoms with E-state index in [4.69, 9.17) is 4.74 Å². The Morgan fingerprint density at radius 1 is 1.32 bits per heavy atom. The number of nitrogens with zero attached hydrogens (tertiary/aromatic N) is 2. The largest absolute Gasteiger partial charge is 0.376 e. The molecule has 1 atom stereocenters. The maximum absolute atomic E-state index is 13.7. The number of halogens is 1. The van der Waals surface area contributed by atoms with Crippen LogP contribution in [0.5, 0.6) is 0 Å². The van der Waals surface area contributed by atoms with E-state index in [0.717, 1.165) is 25.0 Å². The Bertz CT molecular complexity index is 690. The minimum absolute atomic E-state index is 0.0517. The summed E-state index contributed by atoms with van der Waals surface area (Å²) < 4.78 is 19.4. The SMILES string of the molecule is O=C(NCc1ccccc1F)N(Cc1cccnc1)CC1CCCO1. The van der Waals surface area contributed by atoms with Gasteiger partial charge in [-0.3, -0.25) is 4.98 Å². The Labute approximate surface area is 146 Å². The van der Waals surface area contributed by atoms with Gasteiger partial charge in [-0.25, -0.2) is 9.18 Å². The molecule has 1 aromatic heterocycles. The van der Waals surface area contributed by atoms with Gasteiger partial charge in [-0.05, 0) is 30.5 Å². The molecule has 0 radical (unpaired) electrons. The summed E-state index contributed by atoms with van der Waals surface area (Å²) in [5.74, 6) is -0.319. The second kappa shape index (κ2) is 8.58. The van der Waals surface area contributed by atoms with Gasteiger partial charge in [0.05, 0.1) is 6.10 Å². The standard InChI is InChI=1S/C19H22FN3O2/c20-18-8-2-1-6-16(18)12-22-19(24)23(14-17-7-4-10-25-17)13-15-5-3-9-21-11-15/h1-3,5-6,8-9,11,17H,4,7,10,12-14H2,(H,22,24). The van der Waals surface area contributed by atoms with Crippen molar-refractivity contribution in [3.8, 4) is 0 Å². The van der Waals surface area contributed by atoms with Gasteiger partial charge < -0.3 is 15.0 Å². The van der Waals surface area contributed by atoms with E-state index < -0.39 is 0 Å². The second-order valence-electron chi connectivity index (χ2n) is 6.13. The van der Waals surface area contributed by atoms with E-state index in [2.05, 4.69) is 10.3 Å². The lowest BCUT2D eigenvalue weighted by Crippen LogP contribution is -2.43. The predicted molar refractivity (Wildman–Crippen MR) is 92.3 cm³/mol. The fourth-order valence-corrected chi connectivity index (χ4v) is 2.89. The zero-order valence-electron chi connectivity index (χ0n) is 14.0. The van der Waals surface area contributed by atoms with Crippen LogP contribution in [-0.2, 0) is 17.8 Å². The van der Waals surface area contributed by atoms with Crippen molar-refractivity contribution in [1.82, 2.24) is 15.2 Å². The summed E-state index contributed by atoms with van der Waals surface area (Å²) in [7, 11) is 0. The molecule has 3 rings (SSSR count). The molecule has 1 N–H and O–H groups in total. The van der Waals surface area contributed by atoms with Crippen molar-refractivity contribution in [3.05, 3.63) is 65.7 Å². The van der Waals surface area contributed by atoms with Gasteiger partial charge in [0, 0.05) is 44.2 Å². The summed E-state index contributed by atoms with van der Waals surface area (Å²) in [5, 5.41) is 2.81. The van der Waals surface area contributed by atoms with E-state index in [1.807, 2.05) is 12.1 Å². The number of rotatable bonds is 6. The van der Waals surface area contributed by atoms with Crippen molar-refractivity contribution in [1.29, 1.82) is 0 Å². The van der Waals surface area contributed by atoms with E-state index in [0.29, 0.717) is 18.7 Å². The zero-order chi connectivity index (χ0) is 17.5. The van der Waals surface area contributed by atoms with E-state index in [1.165, 1.54) is 6.07 Å². The molecule has 2 aromatic rings. The van der Waals surface area contributed by atoms with Crippen LogP contribution in [0.15, 0.2) is 48.8 Å². The summed E-state index contributed by atoms with van der Waals surface area (Å²) in [6.07, 6.45) is 5.46. The number of ether oxygens (including phenoxy) is 1. The Morgan fingerprint density at radius 3 is 2.92 bits per heavy atom. The van der Waals surface area contributed by atoms with Crippen LogP contribution >= 0.6 is 0 Å². The third-order valence-electron chi connectivity index (χ3n) is 4.22. The Hall–Kier alpha value is -2.47. The molecule has 2 amide bonds. The zero-order valence-corrected chi connectivity index (χ0v) is 14.0. The number of hydrogen-bond donors (Lipinski definition) is 1. The fourth-order valence-electron chi connectivity index (χ4n) is 2.89. The molecule has 1 unspecified atom stereocenters. The molecule has 1 fully saturated rings. The van der Waals surface area contributed by atoms with Gasteiger partial charge in [-0.15, -0.1) is 0 Å². The van der Waals surface area contributed by atoms with Crippen LogP contribution < -0.4 is 5.32 Å². The molecule has 1 aromatic carbocycles. The highest BCUT2D eigenvalue weighted by Crippen LogP contribution is 2.15. The van der Waals surface area contributed by atoms with Crippen LogP contribution in [0, 0.1) is 5.82 Å². The van der Waals surface area contributed by atoms with Crippen molar-refractivity contribution >= 4 is 6.03 Å². The highest BCUT2D eigenvalue weighted by atomic mass is 19.1. The normalized spacial score (nSPS) is 16.6. The third-order valence-corrected chi connectivity index (χ3v) is 4.22. The van der Waals surface area contributed by atoms with Crippen LogP contribution in [0.2, 0.25) is 0 Å². The average Bonchev–Trinajstić information content (AvgIpc) is 3.14. The van der Waals surface area contributed by atoms with Crippen molar-refractivity contribution in [2.24, 2.45) is 0 Å². The number of hydrogen-bond acceptors (Lipinski definition) is 3. The van der Waals surface area contributed by atoms with Gasteiger partial charge in [-0.1, -0.05) is 24.3 Å². The summed E-state index contributed by atoms with van der Waals surface area (Å²) in [5.41, 5.74) is 1.41. The smallest absolute Gasteiger partial charge is 0.318 e. The minimum Gasteiger partial charge on any atom is -0.376 e. The van der Waals surface area contributed by atoms with Gasteiger partial charge >= 0.3 is 6.03 Å². The molecule has 0 saturated carbocycles. The number of benzene rings is 1. The molecule has 1 saturated heterocycles. The van der Waals surface area contributed by atoms with Gasteiger partial charge in [0.1, 0.15) is 5.82 Å². The summed E-state index contributed by atoms with van der Waals surface area (Å²) in [4.78, 5) is 18.4. The first kappa shape index (κ1) is 17.4. The molecule has 0 spiro atoms. The number of urea groups is 1. The first-order valence-electron chi connectivity index (χ1n) is 8.49.